The van der Waals surface area contributed by atoms with Crippen molar-refractivity contribution < 1.29 is 4.84 Å². The van der Waals surface area contributed by atoms with Crippen LogP contribution in [-0.4, -0.2) is 6.10 Å². The van der Waals surface area contributed by atoms with Gasteiger partial charge in [-0.3, -0.25) is 0 Å². The fraction of sp³-hybridized carbons (Fsp3) is 1.00. The Hall–Kier alpha value is -0.0800. The van der Waals surface area contributed by atoms with Crippen LogP contribution in [0.25, 0.3) is 0 Å². The van der Waals surface area contributed by atoms with Crippen LogP contribution in [0, 0.1) is 5.92 Å². The Morgan fingerprint density at radius 1 is 1.44 bits per heavy atom. The van der Waals surface area contributed by atoms with Crippen LogP contribution in [0.1, 0.15) is 33.6 Å². The highest BCUT2D eigenvalue weighted by Gasteiger charge is 2.09. The van der Waals surface area contributed by atoms with E-state index in [2.05, 4.69) is 18.7 Å². The van der Waals surface area contributed by atoms with Gasteiger partial charge in [-0.25, -0.2) is 5.90 Å². The van der Waals surface area contributed by atoms with E-state index in [1.807, 2.05) is 6.92 Å². The molecule has 2 heteroatoms. The summed E-state index contributed by atoms with van der Waals surface area (Å²) >= 11 is 0. The third kappa shape index (κ3) is 3.49. The van der Waals surface area contributed by atoms with E-state index in [0.29, 0.717) is 5.92 Å². The Kier molecular flexibility index (Phi) is 4.72. The molecule has 2 nitrogen and oxygen atoms in total. The van der Waals surface area contributed by atoms with E-state index in [-0.39, 0.29) is 6.10 Å². The van der Waals surface area contributed by atoms with Gasteiger partial charge in [0.15, 0.2) is 0 Å². The maximum atomic E-state index is 5.00. The number of hydrogen-bond acceptors (Lipinski definition) is 2. The van der Waals surface area contributed by atoms with Crippen LogP contribution in [0.4, 0.5) is 0 Å². The van der Waals surface area contributed by atoms with Gasteiger partial charge in [-0.1, -0.05) is 20.3 Å². The van der Waals surface area contributed by atoms with E-state index in [1.165, 1.54) is 12.8 Å². The van der Waals surface area contributed by atoms with Crippen molar-refractivity contribution in [2.24, 2.45) is 11.8 Å². The van der Waals surface area contributed by atoms with Crippen molar-refractivity contribution in [1.29, 1.82) is 0 Å². The molecule has 2 atom stereocenters. The Labute approximate surface area is 57.3 Å². The van der Waals surface area contributed by atoms with Crippen molar-refractivity contribution in [2.75, 3.05) is 0 Å². The largest absolute Gasteiger partial charge is 0.301 e. The summed E-state index contributed by atoms with van der Waals surface area (Å²) < 4.78 is 0. The second-order valence-corrected chi connectivity index (χ2v) is 2.61. The van der Waals surface area contributed by atoms with Crippen molar-refractivity contribution >= 4 is 0 Å². The first-order chi connectivity index (χ1) is 4.22. The zero-order valence-electron chi connectivity index (χ0n) is 6.55. The third-order valence-corrected chi connectivity index (χ3v) is 1.76. The zero-order valence-corrected chi connectivity index (χ0v) is 6.55. The van der Waals surface area contributed by atoms with Gasteiger partial charge in [0.2, 0.25) is 0 Å². The van der Waals surface area contributed by atoms with E-state index in [1.54, 1.807) is 0 Å². The van der Waals surface area contributed by atoms with E-state index in [9.17, 15) is 0 Å². The van der Waals surface area contributed by atoms with Gasteiger partial charge in [-0.05, 0) is 19.3 Å². The summed E-state index contributed by atoms with van der Waals surface area (Å²) in [6.07, 6.45) is 2.60. The molecule has 0 aromatic carbocycles. The highest BCUT2D eigenvalue weighted by molar-refractivity contribution is 4.58. The van der Waals surface area contributed by atoms with E-state index < -0.39 is 0 Å². The lowest BCUT2D eigenvalue weighted by atomic mass is 10.0. The summed E-state index contributed by atoms with van der Waals surface area (Å²) in [5.74, 6) is 5.59. The second-order valence-electron chi connectivity index (χ2n) is 2.61. The normalized spacial score (nSPS) is 17.3. The molecule has 0 rings (SSSR count). The molecule has 0 saturated heterocycles. The first-order valence-electron chi connectivity index (χ1n) is 3.57. The molecule has 0 aromatic heterocycles. The minimum atomic E-state index is 0.199. The molecule has 0 spiro atoms. The highest BCUT2D eigenvalue weighted by Crippen LogP contribution is 2.10. The van der Waals surface area contributed by atoms with Crippen LogP contribution < -0.4 is 5.90 Å². The Morgan fingerprint density at radius 2 is 2.00 bits per heavy atom. The summed E-state index contributed by atoms with van der Waals surface area (Å²) in [7, 11) is 0. The molecule has 9 heavy (non-hydrogen) atoms. The third-order valence-electron chi connectivity index (χ3n) is 1.76. The number of rotatable bonds is 4. The standard InChI is InChI=1S/C7H17NO/c1-4-5-6(2)7(3)9-8/h6-7H,4-5,8H2,1-3H3. The molecule has 56 valence electrons. The minimum Gasteiger partial charge on any atom is -0.301 e. The van der Waals surface area contributed by atoms with Crippen LogP contribution in [-0.2, 0) is 4.84 Å². The van der Waals surface area contributed by atoms with Crippen LogP contribution >= 0.6 is 0 Å². The SMILES string of the molecule is CCCC(C)C(C)ON. The molecule has 0 aromatic rings. The van der Waals surface area contributed by atoms with Gasteiger partial charge in [0.05, 0.1) is 6.10 Å². The molecular weight excluding hydrogens is 114 g/mol. The van der Waals surface area contributed by atoms with Crippen molar-refractivity contribution in [3.63, 3.8) is 0 Å². The molecule has 0 aliphatic carbocycles. The van der Waals surface area contributed by atoms with Crippen molar-refractivity contribution in [3.8, 4) is 0 Å². The number of nitrogens with two attached hydrogens (primary N) is 1. The van der Waals surface area contributed by atoms with Gasteiger partial charge < -0.3 is 4.84 Å². The second kappa shape index (κ2) is 4.77. The fourth-order valence-corrected chi connectivity index (χ4v) is 0.824. The average Bonchev–Trinajstić information content (AvgIpc) is 1.87. The predicted octanol–water partition coefficient (Wildman–Crippen LogP) is 1.70. The molecule has 0 aliphatic rings. The molecule has 0 saturated carbocycles. The monoisotopic (exact) mass is 131 g/mol. The van der Waals surface area contributed by atoms with E-state index >= 15 is 0 Å². The maximum Gasteiger partial charge on any atom is 0.0784 e. The summed E-state index contributed by atoms with van der Waals surface area (Å²) in [4.78, 5) is 4.66. The number of hydrogen-bond donors (Lipinski definition) is 1. The summed E-state index contributed by atoms with van der Waals surface area (Å²) in [5.41, 5.74) is 0. The van der Waals surface area contributed by atoms with Gasteiger partial charge in [-0.15, -0.1) is 0 Å². The van der Waals surface area contributed by atoms with E-state index in [0.717, 1.165) is 0 Å². The lowest BCUT2D eigenvalue weighted by Crippen LogP contribution is -2.21. The lowest BCUT2D eigenvalue weighted by Gasteiger charge is -2.15. The molecule has 0 amide bonds. The Balaban J connectivity index is 3.32. The van der Waals surface area contributed by atoms with Crippen LogP contribution in [0.2, 0.25) is 0 Å². The van der Waals surface area contributed by atoms with Crippen molar-refractivity contribution in [3.05, 3.63) is 0 Å². The summed E-state index contributed by atoms with van der Waals surface area (Å²) in [6.45, 7) is 6.32. The van der Waals surface area contributed by atoms with Gasteiger partial charge in [0, 0.05) is 0 Å². The van der Waals surface area contributed by atoms with Gasteiger partial charge in [0.1, 0.15) is 0 Å². The maximum absolute atomic E-state index is 5.00. The first kappa shape index (κ1) is 8.92. The topological polar surface area (TPSA) is 35.2 Å². The lowest BCUT2D eigenvalue weighted by molar-refractivity contribution is 0.0270. The molecule has 0 fully saturated rings. The van der Waals surface area contributed by atoms with Crippen LogP contribution in [0.15, 0.2) is 0 Å². The van der Waals surface area contributed by atoms with Crippen molar-refractivity contribution in [1.82, 2.24) is 0 Å². The zero-order chi connectivity index (χ0) is 7.28. The summed E-state index contributed by atoms with van der Waals surface area (Å²) in [5, 5.41) is 0. The van der Waals surface area contributed by atoms with E-state index in [4.69, 9.17) is 5.90 Å². The first-order valence-corrected chi connectivity index (χ1v) is 3.57. The molecule has 0 bridgehead atoms. The Morgan fingerprint density at radius 3 is 2.33 bits per heavy atom. The fourth-order valence-electron chi connectivity index (χ4n) is 0.824. The molecular formula is C7H17NO. The van der Waals surface area contributed by atoms with Crippen LogP contribution in [0.5, 0.6) is 0 Å². The van der Waals surface area contributed by atoms with Crippen molar-refractivity contribution in [2.45, 2.75) is 39.7 Å². The minimum absolute atomic E-state index is 0.199. The molecule has 2 unspecified atom stereocenters. The van der Waals surface area contributed by atoms with Gasteiger partial charge >= 0.3 is 0 Å². The summed E-state index contributed by atoms with van der Waals surface area (Å²) in [6, 6.07) is 0. The molecule has 2 N–H and O–H groups in total. The predicted molar refractivity (Wildman–Crippen MR) is 38.8 cm³/mol. The van der Waals surface area contributed by atoms with Gasteiger partial charge in [-0.2, -0.15) is 0 Å². The average molecular weight is 131 g/mol. The Bertz CT molecular complexity index is 65.9. The van der Waals surface area contributed by atoms with Gasteiger partial charge in [0.25, 0.3) is 0 Å². The molecule has 0 aliphatic heterocycles. The van der Waals surface area contributed by atoms with Crippen LogP contribution in [0.3, 0.4) is 0 Å². The highest BCUT2D eigenvalue weighted by atomic mass is 16.6. The molecule has 0 radical (unpaired) electrons. The quantitative estimate of drug-likeness (QED) is 0.589. The smallest absolute Gasteiger partial charge is 0.0784 e. The molecule has 0 heterocycles.